The van der Waals surface area contributed by atoms with Crippen LogP contribution >= 0.6 is 11.6 Å². The molecule has 1 N–H and O–H groups in total. The summed E-state index contributed by atoms with van der Waals surface area (Å²) in [7, 11) is 0. The third-order valence-electron chi connectivity index (χ3n) is 7.75. The standard InChI is InChI=1S/C26H34ClN3O5/c1-16(2)23-19-14-20(27)22(34-18-6-8-28(9-7-18)17-4-3-5-17)15-21(19)35-24(23)25(31)29-10-12-30(13-11-29)26(32)33/h14-18H,3-13H2,1-2H3,(H,32,33). The van der Waals surface area contributed by atoms with E-state index in [9.17, 15) is 14.7 Å². The Morgan fingerprint density at radius 3 is 2.26 bits per heavy atom. The molecule has 9 heteroatoms. The van der Waals surface area contributed by atoms with Crippen LogP contribution in [-0.4, -0.2) is 83.2 Å². The molecule has 3 heterocycles. The van der Waals surface area contributed by atoms with Crippen molar-refractivity contribution in [2.24, 2.45) is 0 Å². The van der Waals surface area contributed by atoms with E-state index in [4.69, 9.17) is 20.8 Å². The Morgan fingerprint density at radius 2 is 1.69 bits per heavy atom. The third kappa shape index (κ3) is 4.83. The number of benzene rings is 1. The summed E-state index contributed by atoms with van der Waals surface area (Å²) >= 11 is 6.66. The van der Waals surface area contributed by atoms with Crippen molar-refractivity contribution < 1.29 is 23.8 Å². The van der Waals surface area contributed by atoms with Gasteiger partial charge < -0.3 is 29.0 Å². The number of amides is 2. The van der Waals surface area contributed by atoms with E-state index in [-0.39, 0.29) is 17.9 Å². The first-order chi connectivity index (χ1) is 16.8. The number of rotatable bonds is 5. The highest BCUT2D eigenvalue weighted by atomic mass is 35.5. The van der Waals surface area contributed by atoms with Gasteiger partial charge >= 0.3 is 6.09 Å². The van der Waals surface area contributed by atoms with E-state index in [2.05, 4.69) is 4.90 Å². The number of hydrogen-bond donors (Lipinski definition) is 1. The van der Waals surface area contributed by atoms with E-state index in [1.165, 1.54) is 24.2 Å². The molecular formula is C26H34ClN3O5. The van der Waals surface area contributed by atoms with Gasteiger partial charge in [0.1, 0.15) is 17.4 Å². The predicted octanol–water partition coefficient (Wildman–Crippen LogP) is 5.04. The van der Waals surface area contributed by atoms with Gasteiger partial charge in [0.25, 0.3) is 5.91 Å². The molecule has 0 unspecified atom stereocenters. The van der Waals surface area contributed by atoms with Crippen LogP contribution in [0.25, 0.3) is 11.0 Å². The van der Waals surface area contributed by atoms with E-state index in [0.717, 1.165) is 42.9 Å². The molecular weight excluding hydrogens is 470 g/mol. The maximum Gasteiger partial charge on any atom is 0.407 e. The Kier molecular flexibility index (Phi) is 6.86. The number of piperidine rings is 1. The molecule has 1 aromatic heterocycles. The van der Waals surface area contributed by atoms with Gasteiger partial charge in [0.15, 0.2) is 5.76 Å². The fourth-order valence-electron chi connectivity index (χ4n) is 5.47. The number of piperazine rings is 1. The van der Waals surface area contributed by atoms with Crippen molar-refractivity contribution in [3.05, 3.63) is 28.5 Å². The maximum absolute atomic E-state index is 13.4. The Labute approximate surface area is 210 Å². The summed E-state index contributed by atoms with van der Waals surface area (Å²) in [6.07, 6.45) is 5.11. The molecule has 2 aliphatic heterocycles. The zero-order valence-corrected chi connectivity index (χ0v) is 21.2. The monoisotopic (exact) mass is 503 g/mol. The van der Waals surface area contributed by atoms with Crippen LogP contribution in [0.4, 0.5) is 4.79 Å². The molecule has 0 atom stereocenters. The highest BCUT2D eigenvalue weighted by molar-refractivity contribution is 6.33. The summed E-state index contributed by atoms with van der Waals surface area (Å²) < 4.78 is 12.5. The Hall–Kier alpha value is -2.45. The fourth-order valence-corrected chi connectivity index (χ4v) is 5.68. The summed E-state index contributed by atoms with van der Waals surface area (Å²) in [5.41, 5.74) is 1.42. The van der Waals surface area contributed by atoms with Crippen LogP contribution in [0.1, 0.15) is 68.0 Å². The van der Waals surface area contributed by atoms with Gasteiger partial charge in [-0.15, -0.1) is 0 Å². The third-order valence-corrected chi connectivity index (χ3v) is 8.05. The van der Waals surface area contributed by atoms with Crippen molar-refractivity contribution in [2.45, 2.75) is 64.0 Å². The molecule has 2 amide bonds. The minimum atomic E-state index is -0.959. The first-order valence-corrected chi connectivity index (χ1v) is 13.1. The molecule has 0 radical (unpaired) electrons. The number of furan rings is 1. The van der Waals surface area contributed by atoms with E-state index in [1.54, 1.807) is 4.90 Å². The molecule has 8 nitrogen and oxygen atoms in total. The molecule has 35 heavy (non-hydrogen) atoms. The van der Waals surface area contributed by atoms with Crippen molar-refractivity contribution in [1.82, 2.24) is 14.7 Å². The fraction of sp³-hybridized carbons (Fsp3) is 0.615. The molecule has 190 valence electrons. The lowest BCUT2D eigenvalue weighted by Crippen LogP contribution is -2.50. The van der Waals surface area contributed by atoms with Crippen molar-refractivity contribution in [1.29, 1.82) is 0 Å². The number of fused-ring (bicyclic) bond motifs is 1. The summed E-state index contributed by atoms with van der Waals surface area (Å²) in [5.74, 6) is 0.742. The first-order valence-electron chi connectivity index (χ1n) is 12.8. The molecule has 3 aliphatic rings. The zero-order chi connectivity index (χ0) is 24.7. The van der Waals surface area contributed by atoms with E-state index in [1.807, 2.05) is 26.0 Å². The Morgan fingerprint density at radius 1 is 1.03 bits per heavy atom. The number of hydrogen-bond acceptors (Lipinski definition) is 5. The quantitative estimate of drug-likeness (QED) is 0.615. The predicted molar refractivity (Wildman–Crippen MR) is 134 cm³/mol. The average molecular weight is 504 g/mol. The lowest BCUT2D eigenvalue weighted by Gasteiger charge is -2.41. The van der Waals surface area contributed by atoms with Gasteiger partial charge in [0, 0.05) is 62.3 Å². The molecule has 1 aromatic carbocycles. The summed E-state index contributed by atoms with van der Waals surface area (Å²) in [6, 6.07) is 4.44. The molecule has 3 fully saturated rings. The molecule has 0 bridgehead atoms. The number of carbonyl (C=O) groups is 2. The molecule has 0 spiro atoms. The maximum atomic E-state index is 13.4. The van der Waals surface area contributed by atoms with Crippen molar-refractivity contribution in [3.63, 3.8) is 0 Å². The second-order valence-electron chi connectivity index (χ2n) is 10.3. The SMILES string of the molecule is CC(C)c1c(C(=O)N2CCN(C(=O)O)CC2)oc2cc(OC3CCN(C4CCC4)CC3)c(Cl)cc12. The highest BCUT2D eigenvalue weighted by Crippen LogP contribution is 2.39. The molecule has 1 saturated carbocycles. The molecule has 5 rings (SSSR count). The summed E-state index contributed by atoms with van der Waals surface area (Å²) in [4.78, 5) is 30.2. The minimum Gasteiger partial charge on any atom is -0.489 e. The average Bonchev–Trinajstić information content (AvgIpc) is 3.17. The van der Waals surface area contributed by atoms with Crippen molar-refractivity contribution >= 4 is 34.6 Å². The van der Waals surface area contributed by atoms with Crippen LogP contribution < -0.4 is 4.74 Å². The highest BCUT2D eigenvalue weighted by Gasteiger charge is 2.32. The number of carbonyl (C=O) groups excluding carboxylic acids is 1. The summed E-state index contributed by atoms with van der Waals surface area (Å²) in [6.45, 7) is 7.43. The zero-order valence-electron chi connectivity index (χ0n) is 20.5. The second-order valence-corrected chi connectivity index (χ2v) is 10.7. The first kappa shape index (κ1) is 24.3. The number of halogens is 1. The van der Waals surface area contributed by atoms with Crippen LogP contribution in [0.5, 0.6) is 5.75 Å². The van der Waals surface area contributed by atoms with Gasteiger partial charge in [-0.25, -0.2) is 4.79 Å². The Bertz CT molecular complexity index is 1100. The van der Waals surface area contributed by atoms with Gasteiger partial charge in [0.05, 0.1) is 5.02 Å². The normalized spacial score (nSPS) is 20.5. The Balaban J connectivity index is 1.34. The van der Waals surface area contributed by atoms with Crippen LogP contribution in [0.3, 0.4) is 0 Å². The van der Waals surface area contributed by atoms with E-state index in [0.29, 0.717) is 48.3 Å². The van der Waals surface area contributed by atoms with Gasteiger partial charge in [-0.05, 0) is 37.7 Å². The van der Waals surface area contributed by atoms with Gasteiger partial charge in [-0.2, -0.15) is 0 Å². The van der Waals surface area contributed by atoms with Crippen LogP contribution in [0, 0.1) is 0 Å². The lowest BCUT2D eigenvalue weighted by molar-refractivity contribution is 0.0494. The van der Waals surface area contributed by atoms with Gasteiger partial charge in [-0.3, -0.25) is 4.79 Å². The van der Waals surface area contributed by atoms with Crippen LogP contribution in [0.15, 0.2) is 16.5 Å². The van der Waals surface area contributed by atoms with Crippen LogP contribution in [-0.2, 0) is 0 Å². The van der Waals surface area contributed by atoms with Crippen molar-refractivity contribution in [2.75, 3.05) is 39.3 Å². The summed E-state index contributed by atoms with van der Waals surface area (Å²) in [5, 5.41) is 10.5. The number of carboxylic acid groups (broad SMARTS) is 1. The topological polar surface area (TPSA) is 86.5 Å². The largest absolute Gasteiger partial charge is 0.489 e. The number of ether oxygens (including phenoxy) is 1. The van der Waals surface area contributed by atoms with E-state index < -0.39 is 6.09 Å². The van der Waals surface area contributed by atoms with Gasteiger partial charge in [0.2, 0.25) is 0 Å². The molecule has 2 aromatic rings. The van der Waals surface area contributed by atoms with E-state index >= 15 is 0 Å². The number of nitrogens with zero attached hydrogens (tertiary/aromatic N) is 3. The second kappa shape index (κ2) is 9.90. The lowest BCUT2D eigenvalue weighted by atomic mass is 9.90. The molecule has 1 aliphatic carbocycles. The van der Waals surface area contributed by atoms with Gasteiger partial charge in [-0.1, -0.05) is 31.9 Å². The number of likely N-dealkylation sites (tertiary alicyclic amines) is 1. The smallest absolute Gasteiger partial charge is 0.407 e. The van der Waals surface area contributed by atoms with Crippen LogP contribution in [0.2, 0.25) is 5.02 Å². The minimum absolute atomic E-state index is 0.0502. The molecule has 2 saturated heterocycles. The van der Waals surface area contributed by atoms with Crippen molar-refractivity contribution in [3.8, 4) is 5.75 Å².